The van der Waals surface area contributed by atoms with Crippen molar-refractivity contribution in [2.45, 2.75) is 24.7 Å². The van der Waals surface area contributed by atoms with Crippen molar-refractivity contribution < 1.29 is 9.53 Å². The first kappa shape index (κ1) is 22.6. The molecule has 0 spiro atoms. The summed E-state index contributed by atoms with van der Waals surface area (Å²) >= 11 is 3.34. The SMILES string of the molecule is CCOc1cccc2sc(N(CCN(C)C)C(=O)CCCSc3ccccc3)nc12. The molecule has 0 radical (unpaired) electrons. The average Bonchev–Trinajstić information content (AvgIpc) is 3.17. The zero-order chi connectivity index (χ0) is 21.3. The van der Waals surface area contributed by atoms with Crippen LogP contribution in [0.1, 0.15) is 19.8 Å². The van der Waals surface area contributed by atoms with Gasteiger partial charge in [0.15, 0.2) is 5.13 Å². The summed E-state index contributed by atoms with van der Waals surface area (Å²) in [6, 6.07) is 16.2. The van der Waals surface area contributed by atoms with Gasteiger partial charge in [-0.3, -0.25) is 9.69 Å². The molecule has 0 aliphatic carbocycles. The molecule has 1 amide bonds. The van der Waals surface area contributed by atoms with E-state index < -0.39 is 0 Å². The Labute approximate surface area is 187 Å². The molecule has 0 atom stereocenters. The smallest absolute Gasteiger partial charge is 0.228 e. The number of hydrogen-bond acceptors (Lipinski definition) is 6. The van der Waals surface area contributed by atoms with Crippen LogP contribution in [-0.2, 0) is 4.79 Å². The fourth-order valence-corrected chi connectivity index (χ4v) is 4.89. The number of thioether (sulfide) groups is 1. The van der Waals surface area contributed by atoms with Gasteiger partial charge in [-0.1, -0.05) is 35.6 Å². The van der Waals surface area contributed by atoms with Gasteiger partial charge in [0, 0.05) is 24.4 Å². The van der Waals surface area contributed by atoms with Crippen LogP contribution in [0.5, 0.6) is 5.75 Å². The molecule has 0 aliphatic heterocycles. The van der Waals surface area contributed by atoms with Crippen LogP contribution in [0.15, 0.2) is 53.4 Å². The van der Waals surface area contributed by atoms with Gasteiger partial charge in [-0.15, -0.1) is 11.8 Å². The first-order valence-electron chi connectivity index (χ1n) is 10.2. The van der Waals surface area contributed by atoms with Crippen molar-refractivity contribution in [2.24, 2.45) is 0 Å². The number of thiazole rings is 1. The first-order valence-corrected chi connectivity index (χ1v) is 12.0. The van der Waals surface area contributed by atoms with Gasteiger partial charge in [0.1, 0.15) is 11.3 Å². The van der Waals surface area contributed by atoms with E-state index in [1.165, 1.54) is 4.90 Å². The van der Waals surface area contributed by atoms with Gasteiger partial charge >= 0.3 is 0 Å². The highest BCUT2D eigenvalue weighted by Gasteiger charge is 2.20. The maximum Gasteiger partial charge on any atom is 0.228 e. The highest BCUT2D eigenvalue weighted by Crippen LogP contribution is 2.34. The molecule has 7 heteroatoms. The summed E-state index contributed by atoms with van der Waals surface area (Å²) in [6.07, 6.45) is 1.35. The van der Waals surface area contributed by atoms with Gasteiger partial charge in [-0.25, -0.2) is 4.98 Å². The van der Waals surface area contributed by atoms with Crippen LogP contribution in [-0.4, -0.2) is 55.3 Å². The number of carbonyl (C=O) groups excluding carboxylic acids is 1. The molecular formula is C23H29N3O2S2. The highest BCUT2D eigenvalue weighted by molar-refractivity contribution is 7.99. The molecule has 0 N–H and O–H groups in total. The van der Waals surface area contributed by atoms with Gasteiger partial charge in [0.05, 0.1) is 11.3 Å². The third-order valence-electron chi connectivity index (χ3n) is 4.52. The lowest BCUT2D eigenvalue weighted by atomic mass is 10.3. The van der Waals surface area contributed by atoms with Crippen LogP contribution >= 0.6 is 23.1 Å². The van der Waals surface area contributed by atoms with E-state index >= 15 is 0 Å². The zero-order valence-corrected chi connectivity index (χ0v) is 19.5. The van der Waals surface area contributed by atoms with E-state index in [2.05, 4.69) is 17.0 Å². The maximum atomic E-state index is 13.1. The number of benzene rings is 2. The highest BCUT2D eigenvalue weighted by atomic mass is 32.2. The number of nitrogens with zero attached hydrogens (tertiary/aromatic N) is 3. The van der Waals surface area contributed by atoms with Gasteiger partial charge in [0.2, 0.25) is 5.91 Å². The Morgan fingerprint density at radius 3 is 2.63 bits per heavy atom. The lowest BCUT2D eigenvalue weighted by Gasteiger charge is -2.22. The van der Waals surface area contributed by atoms with Gasteiger partial charge in [-0.05, 0) is 57.5 Å². The van der Waals surface area contributed by atoms with Crippen molar-refractivity contribution in [3.8, 4) is 5.75 Å². The topological polar surface area (TPSA) is 45.7 Å². The summed E-state index contributed by atoms with van der Waals surface area (Å²) in [4.78, 5) is 23.0. The quantitative estimate of drug-likeness (QED) is 0.302. The predicted octanol–water partition coefficient (Wildman–Crippen LogP) is 5.16. The summed E-state index contributed by atoms with van der Waals surface area (Å²) in [5, 5.41) is 0.750. The van der Waals surface area contributed by atoms with E-state index in [0.717, 1.165) is 39.8 Å². The summed E-state index contributed by atoms with van der Waals surface area (Å²) in [5.74, 6) is 1.82. The van der Waals surface area contributed by atoms with Crippen LogP contribution in [0.25, 0.3) is 10.2 Å². The molecule has 1 aromatic heterocycles. The number of anilines is 1. The lowest BCUT2D eigenvalue weighted by molar-refractivity contribution is -0.118. The van der Waals surface area contributed by atoms with Crippen molar-refractivity contribution in [2.75, 3.05) is 44.4 Å². The normalized spacial score (nSPS) is 11.2. The van der Waals surface area contributed by atoms with Gasteiger partial charge in [-0.2, -0.15) is 0 Å². The molecular weight excluding hydrogens is 414 g/mol. The van der Waals surface area contributed by atoms with Crippen molar-refractivity contribution in [1.82, 2.24) is 9.88 Å². The molecule has 0 bridgehead atoms. The third kappa shape index (κ3) is 6.20. The van der Waals surface area contributed by atoms with E-state index in [-0.39, 0.29) is 5.91 Å². The second kappa shape index (κ2) is 11.3. The molecule has 2 aromatic carbocycles. The monoisotopic (exact) mass is 443 g/mol. The Kier molecular flexibility index (Phi) is 8.54. The van der Waals surface area contributed by atoms with E-state index in [0.29, 0.717) is 19.6 Å². The minimum atomic E-state index is 0.127. The molecule has 5 nitrogen and oxygen atoms in total. The molecule has 0 saturated carbocycles. The number of fused-ring (bicyclic) bond motifs is 1. The molecule has 0 unspecified atom stereocenters. The molecule has 0 aliphatic rings. The lowest BCUT2D eigenvalue weighted by Crippen LogP contribution is -2.36. The number of hydrogen-bond donors (Lipinski definition) is 0. The van der Waals surface area contributed by atoms with Crippen LogP contribution in [0.4, 0.5) is 5.13 Å². The minimum Gasteiger partial charge on any atom is -0.492 e. The molecule has 3 rings (SSSR count). The molecule has 160 valence electrons. The molecule has 0 fully saturated rings. The standard InChI is InChI=1S/C23H29N3O2S2/c1-4-28-19-12-8-13-20-22(19)24-23(30-20)26(16-15-25(2)3)21(27)14-9-17-29-18-10-6-5-7-11-18/h5-8,10-13H,4,9,14-17H2,1-3H3. The number of para-hydroxylation sites is 1. The van der Waals surface area contributed by atoms with Crippen LogP contribution in [0.3, 0.4) is 0 Å². The number of amides is 1. The van der Waals surface area contributed by atoms with E-state index in [1.54, 1.807) is 23.1 Å². The van der Waals surface area contributed by atoms with Crippen LogP contribution < -0.4 is 9.64 Å². The van der Waals surface area contributed by atoms with Crippen molar-refractivity contribution >= 4 is 44.4 Å². The Morgan fingerprint density at radius 2 is 1.90 bits per heavy atom. The summed E-state index contributed by atoms with van der Waals surface area (Å²) in [5.41, 5.74) is 0.835. The average molecular weight is 444 g/mol. The van der Waals surface area contributed by atoms with Crippen LogP contribution in [0, 0.1) is 0 Å². The zero-order valence-electron chi connectivity index (χ0n) is 17.8. The fourth-order valence-electron chi connectivity index (χ4n) is 2.99. The van der Waals surface area contributed by atoms with Gasteiger partial charge < -0.3 is 9.64 Å². The minimum absolute atomic E-state index is 0.127. The van der Waals surface area contributed by atoms with Crippen LogP contribution in [0.2, 0.25) is 0 Å². The van der Waals surface area contributed by atoms with Gasteiger partial charge in [0.25, 0.3) is 0 Å². The van der Waals surface area contributed by atoms with Crippen molar-refractivity contribution in [3.05, 3.63) is 48.5 Å². The largest absolute Gasteiger partial charge is 0.492 e. The Bertz CT molecular complexity index is 944. The number of aromatic nitrogens is 1. The molecule has 1 heterocycles. The number of rotatable bonds is 11. The van der Waals surface area contributed by atoms with Crippen molar-refractivity contribution in [1.29, 1.82) is 0 Å². The predicted molar refractivity (Wildman–Crippen MR) is 128 cm³/mol. The molecule has 30 heavy (non-hydrogen) atoms. The van der Waals surface area contributed by atoms with E-state index in [9.17, 15) is 4.79 Å². The first-order chi connectivity index (χ1) is 14.6. The number of ether oxygens (including phenoxy) is 1. The second-order valence-corrected chi connectivity index (χ2v) is 9.32. The number of carbonyl (C=O) groups is 1. The molecule has 0 saturated heterocycles. The second-order valence-electron chi connectivity index (χ2n) is 7.15. The Morgan fingerprint density at radius 1 is 1.10 bits per heavy atom. The Balaban J connectivity index is 1.69. The van der Waals surface area contributed by atoms with E-state index in [1.807, 2.05) is 62.3 Å². The number of likely N-dealkylation sites (N-methyl/N-ethyl adjacent to an activating group) is 1. The summed E-state index contributed by atoms with van der Waals surface area (Å²) in [7, 11) is 4.04. The Hall–Kier alpha value is -2.09. The van der Waals surface area contributed by atoms with E-state index in [4.69, 9.17) is 9.72 Å². The summed E-state index contributed by atoms with van der Waals surface area (Å²) in [6.45, 7) is 3.97. The molecule has 3 aromatic rings. The maximum absolute atomic E-state index is 13.1. The van der Waals surface area contributed by atoms with Crippen molar-refractivity contribution in [3.63, 3.8) is 0 Å². The summed E-state index contributed by atoms with van der Waals surface area (Å²) < 4.78 is 6.76. The third-order valence-corrected chi connectivity index (χ3v) is 6.66. The fraction of sp³-hybridized carbons (Fsp3) is 0.391.